The summed E-state index contributed by atoms with van der Waals surface area (Å²) < 4.78 is 0. The van der Waals surface area contributed by atoms with Crippen LogP contribution in [0.1, 0.15) is 19.8 Å². The monoisotopic (exact) mass is 200 g/mol. The summed E-state index contributed by atoms with van der Waals surface area (Å²) in [5, 5.41) is 3.33. The second-order valence-electron chi connectivity index (χ2n) is 3.75. The van der Waals surface area contributed by atoms with Crippen LogP contribution in [-0.4, -0.2) is 8.80 Å². The van der Waals surface area contributed by atoms with Gasteiger partial charge in [0, 0.05) is 0 Å². The quantitative estimate of drug-likeness (QED) is 0.614. The van der Waals surface area contributed by atoms with Gasteiger partial charge < -0.3 is 0 Å². The summed E-state index contributed by atoms with van der Waals surface area (Å²) >= 11 is 0. The zero-order chi connectivity index (χ0) is 9.80. The van der Waals surface area contributed by atoms with Crippen LogP contribution in [-0.2, 0) is 0 Å². The van der Waals surface area contributed by atoms with E-state index in [0.717, 1.165) is 0 Å². The van der Waals surface area contributed by atoms with Gasteiger partial charge in [0.25, 0.3) is 0 Å². The Morgan fingerprint density at radius 1 is 1.07 bits per heavy atom. The van der Waals surface area contributed by atoms with Gasteiger partial charge in [-0.25, -0.2) is 0 Å². The van der Waals surface area contributed by atoms with Crippen molar-refractivity contribution in [3.63, 3.8) is 0 Å². The maximum Gasteiger partial charge on any atom is 0.116 e. The first-order valence-corrected chi connectivity index (χ1v) is 7.08. The highest BCUT2D eigenvalue weighted by molar-refractivity contribution is 6.78. The highest BCUT2D eigenvalue weighted by Crippen LogP contribution is 2.24. The molecule has 14 heavy (non-hydrogen) atoms. The summed E-state index contributed by atoms with van der Waals surface area (Å²) in [7, 11) is -0.922. The molecule has 0 radical (unpaired) electrons. The van der Waals surface area contributed by atoms with Crippen molar-refractivity contribution in [2.75, 3.05) is 0 Å². The SMILES string of the molecule is CC=C[SiH](C1=CC=CC1)C1=CC=CC1. The summed E-state index contributed by atoms with van der Waals surface area (Å²) in [6.07, 6.45) is 18.1. The van der Waals surface area contributed by atoms with Gasteiger partial charge in [0.05, 0.1) is 0 Å². The molecule has 0 nitrogen and oxygen atoms in total. The van der Waals surface area contributed by atoms with E-state index >= 15 is 0 Å². The molecule has 2 aliphatic carbocycles. The highest BCUT2D eigenvalue weighted by atomic mass is 28.3. The smallest absolute Gasteiger partial charge is 0.0951 e. The maximum atomic E-state index is 2.44. The van der Waals surface area contributed by atoms with Gasteiger partial charge in [0.15, 0.2) is 0 Å². The van der Waals surface area contributed by atoms with Crippen LogP contribution in [0.25, 0.3) is 0 Å². The predicted molar refractivity (Wildman–Crippen MR) is 65.6 cm³/mol. The number of hydrogen-bond donors (Lipinski definition) is 0. The van der Waals surface area contributed by atoms with Crippen molar-refractivity contribution in [3.8, 4) is 0 Å². The van der Waals surface area contributed by atoms with Gasteiger partial charge in [0.1, 0.15) is 8.80 Å². The van der Waals surface area contributed by atoms with Crippen LogP contribution in [0.4, 0.5) is 0 Å². The Kier molecular flexibility index (Phi) is 2.99. The molecule has 0 unspecified atom stereocenters. The van der Waals surface area contributed by atoms with E-state index in [1.54, 1.807) is 10.4 Å². The molecule has 0 fully saturated rings. The van der Waals surface area contributed by atoms with Gasteiger partial charge >= 0.3 is 0 Å². The van der Waals surface area contributed by atoms with Crippen molar-refractivity contribution in [2.24, 2.45) is 0 Å². The van der Waals surface area contributed by atoms with E-state index in [1.807, 2.05) is 0 Å². The minimum absolute atomic E-state index is 0.922. The van der Waals surface area contributed by atoms with Crippen molar-refractivity contribution in [2.45, 2.75) is 19.8 Å². The molecule has 0 amide bonds. The number of hydrogen-bond acceptors (Lipinski definition) is 0. The van der Waals surface area contributed by atoms with Crippen molar-refractivity contribution in [1.82, 2.24) is 0 Å². The zero-order valence-electron chi connectivity index (χ0n) is 8.61. The summed E-state index contributed by atoms with van der Waals surface area (Å²) in [6.45, 7) is 2.13. The van der Waals surface area contributed by atoms with Crippen molar-refractivity contribution in [1.29, 1.82) is 0 Å². The van der Waals surface area contributed by atoms with Crippen LogP contribution < -0.4 is 0 Å². The summed E-state index contributed by atoms with van der Waals surface area (Å²) in [6, 6.07) is 0. The lowest BCUT2D eigenvalue weighted by Gasteiger charge is -2.13. The maximum absolute atomic E-state index is 2.44. The Balaban J connectivity index is 2.16. The molecule has 2 aliphatic rings. The van der Waals surface area contributed by atoms with Gasteiger partial charge in [-0.05, 0) is 19.8 Å². The second kappa shape index (κ2) is 4.42. The van der Waals surface area contributed by atoms with E-state index in [1.165, 1.54) is 12.8 Å². The number of rotatable bonds is 3. The van der Waals surface area contributed by atoms with Crippen molar-refractivity contribution >= 4 is 8.80 Å². The molecule has 72 valence electrons. The first-order valence-electron chi connectivity index (χ1n) is 5.26. The Hall–Kier alpha value is -1.08. The third-order valence-corrected chi connectivity index (χ3v) is 6.01. The molecule has 0 bridgehead atoms. The summed E-state index contributed by atoms with van der Waals surface area (Å²) in [5.41, 5.74) is 2.44. The third-order valence-electron chi connectivity index (χ3n) is 2.78. The fourth-order valence-corrected chi connectivity index (χ4v) is 4.84. The largest absolute Gasteiger partial charge is 0.116 e. The molecule has 0 aromatic carbocycles. The molecule has 1 heteroatoms. The van der Waals surface area contributed by atoms with Crippen LogP contribution in [0.2, 0.25) is 0 Å². The van der Waals surface area contributed by atoms with Crippen LogP contribution >= 0.6 is 0 Å². The van der Waals surface area contributed by atoms with E-state index in [-0.39, 0.29) is 0 Å². The lowest BCUT2D eigenvalue weighted by Crippen LogP contribution is -2.16. The Bertz CT molecular complexity index is 323. The molecular weight excluding hydrogens is 184 g/mol. The van der Waals surface area contributed by atoms with Crippen LogP contribution in [0.5, 0.6) is 0 Å². The fourth-order valence-electron chi connectivity index (χ4n) is 2.07. The lowest BCUT2D eigenvalue weighted by atomic mass is 10.5. The fraction of sp³-hybridized carbons (Fsp3) is 0.231. The first-order chi connectivity index (χ1) is 6.92. The van der Waals surface area contributed by atoms with E-state index in [0.29, 0.717) is 0 Å². The van der Waals surface area contributed by atoms with Gasteiger partial charge in [0.2, 0.25) is 0 Å². The molecule has 0 aromatic heterocycles. The molecule has 0 spiro atoms. The first kappa shape index (κ1) is 9.47. The Morgan fingerprint density at radius 2 is 1.64 bits per heavy atom. The molecule has 0 aliphatic heterocycles. The van der Waals surface area contributed by atoms with E-state index in [2.05, 4.69) is 55.2 Å². The van der Waals surface area contributed by atoms with E-state index < -0.39 is 8.80 Å². The Labute approximate surface area is 87.6 Å². The minimum atomic E-state index is -0.922. The molecule has 0 saturated carbocycles. The zero-order valence-corrected chi connectivity index (χ0v) is 9.77. The third kappa shape index (κ3) is 1.88. The molecule has 0 N–H and O–H groups in total. The van der Waals surface area contributed by atoms with E-state index in [4.69, 9.17) is 0 Å². The summed E-state index contributed by atoms with van der Waals surface area (Å²) in [4.78, 5) is 0. The van der Waals surface area contributed by atoms with Gasteiger partial charge in [-0.3, -0.25) is 0 Å². The van der Waals surface area contributed by atoms with Gasteiger partial charge in [-0.15, -0.1) is 0 Å². The van der Waals surface area contributed by atoms with Gasteiger partial charge in [-0.2, -0.15) is 0 Å². The summed E-state index contributed by atoms with van der Waals surface area (Å²) in [5.74, 6) is 0. The van der Waals surface area contributed by atoms with Crippen LogP contribution in [0, 0.1) is 0 Å². The lowest BCUT2D eigenvalue weighted by molar-refractivity contribution is 1.34. The number of allylic oxidation sites excluding steroid dienone is 9. The van der Waals surface area contributed by atoms with Crippen LogP contribution in [0.15, 0.2) is 58.6 Å². The Morgan fingerprint density at radius 3 is 2.00 bits per heavy atom. The van der Waals surface area contributed by atoms with Gasteiger partial charge in [-0.1, -0.05) is 58.6 Å². The second-order valence-corrected chi connectivity index (χ2v) is 6.57. The molecule has 2 rings (SSSR count). The molecule has 0 saturated heterocycles. The normalized spacial score (nSPS) is 19.9. The van der Waals surface area contributed by atoms with Crippen LogP contribution in [0.3, 0.4) is 0 Å². The standard InChI is InChI=1S/C13H16Si/c1-2-11-14(12-7-3-4-8-12)13-9-5-6-10-13/h2-7,9,11,14H,8,10H2,1H3. The predicted octanol–water partition coefficient (Wildman–Crippen LogP) is 3.18. The molecule has 0 heterocycles. The average Bonchev–Trinajstić information content (AvgIpc) is 2.87. The van der Waals surface area contributed by atoms with Crippen molar-refractivity contribution < 1.29 is 0 Å². The molecular formula is C13H16Si. The van der Waals surface area contributed by atoms with Crippen molar-refractivity contribution in [3.05, 3.63) is 58.6 Å². The highest BCUT2D eigenvalue weighted by Gasteiger charge is 2.18. The minimum Gasteiger partial charge on any atom is -0.0951 e. The topological polar surface area (TPSA) is 0 Å². The average molecular weight is 200 g/mol. The van der Waals surface area contributed by atoms with E-state index in [9.17, 15) is 0 Å². The molecule has 0 aromatic rings. The molecule has 0 atom stereocenters.